The molecule has 0 saturated carbocycles. The van der Waals surface area contributed by atoms with Crippen molar-refractivity contribution >= 4 is 11.8 Å². The van der Waals surface area contributed by atoms with Crippen LogP contribution in [0.15, 0.2) is 54.9 Å². The van der Waals surface area contributed by atoms with Crippen LogP contribution in [0.25, 0.3) is 0 Å². The Morgan fingerprint density at radius 1 is 1.07 bits per heavy atom. The highest BCUT2D eigenvalue weighted by molar-refractivity contribution is 5.83. The van der Waals surface area contributed by atoms with E-state index in [2.05, 4.69) is 22.4 Å². The summed E-state index contributed by atoms with van der Waals surface area (Å²) in [5, 5.41) is 3.02. The van der Waals surface area contributed by atoms with E-state index in [1.54, 1.807) is 12.4 Å². The Kier molecular flexibility index (Phi) is 6.97. The molecule has 27 heavy (non-hydrogen) atoms. The molecule has 1 aromatic heterocycles. The molecule has 2 aromatic rings. The van der Waals surface area contributed by atoms with Crippen LogP contribution in [-0.2, 0) is 22.4 Å². The Hall–Kier alpha value is -2.69. The average Bonchev–Trinajstić information content (AvgIpc) is 2.71. The van der Waals surface area contributed by atoms with Crippen LogP contribution in [0.2, 0.25) is 0 Å². The van der Waals surface area contributed by atoms with Gasteiger partial charge in [0.05, 0.1) is 5.92 Å². The lowest BCUT2D eigenvalue weighted by molar-refractivity contribution is -0.138. The highest BCUT2D eigenvalue weighted by Gasteiger charge is 2.29. The Morgan fingerprint density at radius 3 is 2.59 bits per heavy atom. The van der Waals surface area contributed by atoms with Gasteiger partial charge in [0, 0.05) is 38.4 Å². The summed E-state index contributed by atoms with van der Waals surface area (Å²) in [6, 6.07) is 14.2. The molecule has 142 valence electrons. The van der Waals surface area contributed by atoms with Crippen molar-refractivity contribution in [1.82, 2.24) is 15.2 Å². The Morgan fingerprint density at radius 2 is 1.81 bits per heavy atom. The van der Waals surface area contributed by atoms with Gasteiger partial charge in [-0.3, -0.25) is 14.6 Å². The van der Waals surface area contributed by atoms with Gasteiger partial charge in [-0.05, 0) is 48.9 Å². The van der Waals surface area contributed by atoms with Crippen LogP contribution in [0.1, 0.15) is 30.4 Å². The van der Waals surface area contributed by atoms with Crippen molar-refractivity contribution in [2.75, 3.05) is 19.6 Å². The second-order valence-electron chi connectivity index (χ2n) is 7.06. The zero-order valence-electron chi connectivity index (χ0n) is 15.6. The van der Waals surface area contributed by atoms with E-state index in [-0.39, 0.29) is 17.7 Å². The van der Waals surface area contributed by atoms with E-state index >= 15 is 0 Å². The summed E-state index contributed by atoms with van der Waals surface area (Å²) >= 11 is 0. The summed E-state index contributed by atoms with van der Waals surface area (Å²) in [5.41, 5.74) is 2.44. The Balaban J connectivity index is 1.41. The molecule has 1 aliphatic heterocycles. The summed E-state index contributed by atoms with van der Waals surface area (Å²) in [6.07, 6.45) is 7.30. The first-order valence-electron chi connectivity index (χ1n) is 9.70. The highest BCUT2D eigenvalue weighted by Crippen LogP contribution is 2.18. The fraction of sp³-hybridized carbons (Fsp3) is 0.409. The SMILES string of the molecule is O=C(NCCc1ccncc1)C1CCC(=O)N(CCCc2ccccc2)C1. The van der Waals surface area contributed by atoms with E-state index in [9.17, 15) is 9.59 Å². The zero-order valence-corrected chi connectivity index (χ0v) is 15.6. The van der Waals surface area contributed by atoms with Gasteiger partial charge in [-0.15, -0.1) is 0 Å². The standard InChI is InChI=1S/C22H27N3O2/c26-21-9-8-20(22(27)24-15-12-19-10-13-23-14-11-19)17-25(21)16-4-7-18-5-2-1-3-6-18/h1-3,5-6,10-11,13-14,20H,4,7-9,12,15-17H2,(H,24,27). The molecule has 3 rings (SSSR count). The Bertz CT molecular complexity index is 734. The number of amides is 2. The van der Waals surface area contributed by atoms with Crippen molar-refractivity contribution < 1.29 is 9.59 Å². The topological polar surface area (TPSA) is 62.3 Å². The number of aromatic nitrogens is 1. The fourth-order valence-electron chi connectivity index (χ4n) is 3.49. The largest absolute Gasteiger partial charge is 0.355 e. The predicted octanol–water partition coefficient (Wildman–Crippen LogP) is 2.61. The highest BCUT2D eigenvalue weighted by atomic mass is 16.2. The third-order valence-electron chi connectivity index (χ3n) is 5.07. The molecule has 1 aliphatic rings. The first-order valence-corrected chi connectivity index (χ1v) is 9.70. The minimum Gasteiger partial charge on any atom is -0.355 e. The maximum absolute atomic E-state index is 12.5. The summed E-state index contributed by atoms with van der Waals surface area (Å²) in [5.74, 6) is 0.130. The number of aryl methyl sites for hydroxylation is 1. The number of hydrogen-bond acceptors (Lipinski definition) is 3. The number of nitrogens with zero attached hydrogens (tertiary/aromatic N) is 2. The monoisotopic (exact) mass is 365 g/mol. The molecule has 0 bridgehead atoms. The molecule has 1 aromatic carbocycles. The van der Waals surface area contributed by atoms with Gasteiger partial charge >= 0.3 is 0 Å². The number of carbonyl (C=O) groups excluding carboxylic acids is 2. The Labute approximate surface area is 160 Å². The van der Waals surface area contributed by atoms with Crippen LogP contribution >= 0.6 is 0 Å². The molecular weight excluding hydrogens is 338 g/mol. The van der Waals surface area contributed by atoms with E-state index in [0.29, 0.717) is 32.5 Å². The van der Waals surface area contributed by atoms with Crippen LogP contribution < -0.4 is 5.32 Å². The third kappa shape index (κ3) is 5.91. The number of benzene rings is 1. The summed E-state index contributed by atoms with van der Waals surface area (Å²) in [7, 11) is 0. The molecule has 1 fully saturated rings. The van der Waals surface area contributed by atoms with Gasteiger partial charge in [-0.25, -0.2) is 0 Å². The number of likely N-dealkylation sites (tertiary alicyclic amines) is 1. The molecule has 2 amide bonds. The first kappa shape index (κ1) is 19.1. The van der Waals surface area contributed by atoms with Crippen molar-refractivity contribution in [3.63, 3.8) is 0 Å². The molecule has 0 aliphatic carbocycles. The second kappa shape index (κ2) is 9.86. The number of piperidine rings is 1. The maximum atomic E-state index is 12.5. The summed E-state index contributed by atoms with van der Waals surface area (Å²) in [4.78, 5) is 30.5. The minimum absolute atomic E-state index is 0.0598. The van der Waals surface area contributed by atoms with Gasteiger partial charge in [0.2, 0.25) is 11.8 Å². The van der Waals surface area contributed by atoms with Gasteiger partial charge in [-0.1, -0.05) is 30.3 Å². The van der Waals surface area contributed by atoms with Gasteiger partial charge in [0.25, 0.3) is 0 Å². The molecule has 5 heteroatoms. The van der Waals surface area contributed by atoms with Crippen molar-refractivity contribution in [3.8, 4) is 0 Å². The normalized spacial score (nSPS) is 17.0. The smallest absolute Gasteiger partial charge is 0.224 e. The number of pyridine rings is 1. The van der Waals surface area contributed by atoms with Crippen molar-refractivity contribution in [2.45, 2.75) is 32.1 Å². The van der Waals surface area contributed by atoms with E-state index in [1.165, 1.54) is 5.56 Å². The minimum atomic E-state index is -0.100. The fourth-order valence-corrected chi connectivity index (χ4v) is 3.49. The summed E-state index contributed by atoms with van der Waals surface area (Å²) in [6.45, 7) is 1.87. The third-order valence-corrected chi connectivity index (χ3v) is 5.07. The molecule has 1 N–H and O–H groups in total. The van der Waals surface area contributed by atoms with Crippen LogP contribution in [-0.4, -0.2) is 41.3 Å². The predicted molar refractivity (Wildman–Crippen MR) is 105 cm³/mol. The van der Waals surface area contributed by atoms with Gasteiger partial charge in [0.1, 0.15) is 0 Å². The summed E-state index contributed by atoms with van der Waals surface area (Å²) < 4.78 is 0. The number of hydrogen-bond donors (Lipinski definition) is 1. The first-order chi connectivity index (χ1) is 13.2. The van der Waals surface area contributed by atoms with Gasteiger partial charge in [-0.2, -0.15) is 0 Å². The maximum Gasteiger partial charge on any atom is 0.224 e. The van der Waals surface area contributed by atoms with Crippen LogP contribution in [0.3, 0.4) is 0 Å². The van der Waals surface area contributed by atoms with Crippen LogP contribution in [0.5, 0.6) is 0 Å². The molecule has 0 radical (unpaired) electrons. The lowest BCUT2D eigenvalue weighted by Gasteiger charge is -2.32. The van der Waals surface area contributed by atoms with Crippen molar-refractivity contribution in [2.24, 2.45) is 5.92 Å². The van der Waals surface area contributed by atoms with Gasteiger partial charge < -0.3 is 10.2 Å². The van der Waals surface area contributed by atoms with E-state index in [1.807, 2.05) is 35.2 Å². The number of carbonyl (C=O) groups is 2. The van der Waals surface area contributed by atoms with E-state index in [4.69, 9.17) is 0 Å². The molecule has 1 saturated heterocycles. The van der Waals surface area contributed by atoms with Crippen LogP contribution in [0, 0.1) is 5.92 Å². The number of rotatable bonds is 8. The van der Waals surface area contributed by atoms with Crippen LogP contribution in [0.4, 0.5) is 0 Å². The molecule has 0 spiro atoms. The molecular formula is C22H27N3O2. The zero-order chi connectivity index (χ0) is 18.9. The number of nitrogens with one attached hydrogen (secondary N) is 1. The second-order valence-corrected chi connectivity index (χ2v) is 7.06. The molecule has 1 unspecified atom stereocenters. The molecule has 1 atom stereocenters. The lowest BCUT2D eigenvalue weighted by Crippen LogP contribution is -2.46. The molecule has 5 nitrogen and oxygen atoms in total. The van der Waals surface area contributed by atoms with Gasteiger partial charge in [0.15, 0.2) is 0 Å². The molecule has 2 heterocycles. The lowest BCUT2D eigenvalue weighted by atomic mass is 9.96. The van der Waals surface area contributed by atoms with Crippen molar-refractivity contribution in [3.05, 3.63) is 66.0 Å². The quantitative estimate of drug-likeness (QED) is 0.782. The van der Waals surface area contributed by atoms with Crippen molar-refractivity contribution in [1.29, 1.82) is 0 Å². The van der Waals surface area contributed by atoms with E-state index in [0.717, 1.165) is 24.8 Å². The van der Waals surface area contributed by atoms with E-state index < -0.39 is 0 Å². The average molecular weight is 365 g/mol.